The summed E-state index contributed by atoms with van der Waals surface area (Å²) < 4.78 is 27.4. The summed E-state index contributed by atoms with van der Waals surface area (Å²) in [7, 11) is -3.99. The molecule has 1 aliphatic rings. The van der Waals surface area contributed by atoms with Crippen molar-refractivity contribution in [3.8, 4) is 0 Å². The van der Waals surface area contributed by atoms with Crippen LogP contribution in [-0.4, -0.2) is 26.9 Å². The van der Waals surface area contributed by atoms with E-state index in [0.29, 0.717) is 5.02 Å². The van der Waals surface area contributed by atoms with E-state index in [2.05, 4.69) is 5.32 Å². The number of rotatable bonds is 6. The molecule has 0 bridgehead atoms. The van der Waals surface area contributed by atoms with Crippen molar-refractivity contribution in [1.29, 1.82) is 0 Å². The van der Waals surface area contributed by atoms with E-state index < -0.39 is 10.0 Å². The molecule has 1 amide bonds. The van der Waals surface area contributed by atoms with Gasteiger partial charge in [-0.3, -0.25) is 9.10 Å². The summed E-state index contributed by atoms with van der Waals surface area (Å²) in [6.45, 7) is -0.367. The largest absolute Gasteiger partial charge is 0.352 e. The molecule has 144 valence electrons. The minimum Gasteiger partial charge on any atom is -0.352 e. The average molecular weight is 427 g/mol. The Morgan fingerprint density at radius 3 is 2.41 bits per heavy atom. The maximum Gasteiger partial charge on any atom is 0.264 e. The van der Waals surface area contributed by atoms with E-state index in [1.807, 2.05) is 0 Å². The Labute approximate surface area is 169 Å². The molecule has 0 atom stereocenters. The van der Waals surface area contributed by atoms with Crippen LogP contribution in [-0.2, 0) is 14.8 Å². The van der Waals surface area contributed by atoms with Crippen molar-refractivity contribution in [2.24, 2.45) is 0 Å². The van der Waals surface area contributed by atoms with Crippen LogP contribution in [0.5, 0.6) is 0 Å². The zero-order chi connectivity index (χ0) is 19.4. The summed E-state index contributed by atoms with van der Waals surface area (Å²) in [5, 5.41) is 3.45. The molecular formula is C19H20Cl2N2O3S. The lowest BCUT2D eigenvalue weighted by atomic mass is 10.2. The average Bonchev–Trinajstić information content (AvgIpc) is 3.15. The maximum atomic E-state index is 13.2. The lowest BCUT2D eigenvalue weighted by molar-refractivity contribution is -0.120. The van der Waals surface area contributed by atoms with E-state index in [-0.39, 0.29) is 34.1 Å². The van der Waals surface area contributed by atoms with Gasteiger partial charge in [0.1, 0.15) is 6.54 Å². The van der Waals surface area contributed by atoms with Gasteiger partial charge in [-0.2, -0.15) is 0 Å². The second-order valence-corrected chi connectivity index (χ2v) is 9.18. The number of sulfonamides is 1. The second-order valence-electron chi connectivity index (χ2n) is 6.47. The number of nitrogens with zero attached hydrogens (tertiary/aromatic N) is 1. The van der Waals surface area contributed by atoms with E-state index >= 15 is 0 Å². The van der Waals surface area contributed by atoms with Gasteiger partial charge in [0.05, 0.1) is 15.6 Å². The maximum absolute atomic E-state index is 13.2. The minimum atomic E-state index is -3.99. The first-order valence-corrected chi connectivity index (χ1v) is 10.9. The third-order valence-electron chi connectivity index (χ3n) is 4.52. The summed E-state index contributed by atoms with van der Waals surface area (Å²) in [5.41, 5.74) is 0.176. The third-order valence-corrected chi connectivity index (χ3v) is 6.84. The van der Waals surface area contributed by atoms with Crippen LogP contribution in [0.15, 0.2) is 53.4 Å². The van der Waals surface area contributed by atoms with Crippen LogP contribution >= 0.6 is 23.2 Å². The fourth-order valence-corrected chi connectivity index (χ4v) is 5.06. The first-order chi connectivity index (χ1) is 12.9. The Hall–Kier alpha value is -1.76. The van der Waals surface area contributed by atoms with E-state index in [0.717, 1.165) is 30.0 Å². The normalized spacial score (nSPS) is 14.9. The van der Waals surface area contributed by atoms with E-state index in [4.69, 9.17) is 23.2 Å². The van der Waals surface area contributed by atoms with Crippen LogP contribution in [0.2, 0.25) is 10.0 Å². The highest BCUT2D eigenvalue weighted by atomic mass is 35.5. The lowest BCUT2D eigenvalue weighted by Crippen LogP contribution is -2.43. The Bertz CT molecular complexity index is 914. The highest BCUT2D eigenvalue weighted by Gasteiger charge is 2.29. The third kappa shape index (κ3) is 4.75. The number of carbonyl (C=O) groups excluding carboxylic acids is 1. The Morgan fingerprint density at radius 1 is 1.07 bits per heavy atom. The summed E-state index contributed by atoms with van der Waals surface area (Å²) >= 11 is 12.3. The van der Waals surface area contributed by atoms with Gasteiger partial charge in [0.25, 0.3) is 10.0 Å². The fourth-order valence-electron chi connectivity index (χ4n) is 3.17. The first-order valence-electron chi connectivity index (χ1n) is 8.70. The monoisotopic (exact) mass is 426 g/mol. The molecule has 3 rings (SSSR count). The molecule has 2 aromatic carbocycles. The van der Waals surface area contributed by atoms with Crippen molar-refractivity contribution >= 4 is 44.8 Å². The van der Waals surface area contributed by atoms with Crippen LogP contribution in [0, 0.1) is 0 Å². The van der Waals surface area contributed by atoms with Crippen molar-refractivity contribution in [2.75, 3.05) is 10.8 Å². The van der Waals surface area contributed by atoms with Gasteiger partial charge in [-0.05, 0) is 43.2 Å². The predicted octanol–water partition coefficient (Wildman–Crippen LogP) is 4.25. The van der Waals surface area contributed by atoms with Crippen molar-refractivity contribution < 1.29 is 13.2 Å². The van der Waals surface area contributed by atoms with Crippen molar-refractivity contribution in [2.45, 2.75) is 36.6 Å². The molecule has 8 heteroatoms. The van der Waals surface area contributed by atoms with E-state index in [1.54, 1.807) is 24.3 Å². The molecule has 1 saturated carbocycles. The van der Waals surface area contributed by atoms with Crippen molar-refractivity contribution in [3.63, 3.8) is 0 Å². The lowest BCUT2D eigenvalue weighted by Gasteiger charge is -2.26. The Morgan fingerprint density at radius 2 is 1.74 bits per heavy atom. The number of hydrogen-bond acceptors (Lipinski definition) is 3. The Kier molecular flexibility index (Phi) is 6.29. The number of anilines is 1. The highest BCUT2D eigenvalue weighted by molar-refractivity contribution is 7.92. The van der Waals surface area contributed by atoms with Crippen molar-refractivity contribution in [3.05, 3.63) is 58.6 Å². The van der Waals surface area contributed by atoms with E-state index in [1.165, 1.54) is 24.3 Å². The Balaban J connectivity index is 1.96. The molecule has 0 heterocycles. The number of nitrogens with one attached hydrogen (secondary N) is 1. The molecule has 1 aliphatic carbocycles. The molecule has 1 N–H and O–H groups in total. The van der Waals surface area contributed by atoms with Crippen LogP contribution in [0.1, 0.15) is 25.7 Å². The smallest absolute Gasteiger partial charge is 0.264 e. The molecule has 0 saturated heterocycles. The summed E-state index contributed by atoms with van der Waals surface area (Å²) in [6.07, 6.45) is 3.96. The summed E-state index contributed by atoms with van der Waals surface area (Å²) in [5.74, 6) is -0.363. The predicted molar refractivity (Wildman–Crippen MR) is 108 cm³/mol. The molecule has 5 nitrogen and oxygen atoms in total. The molecule has 0 unspecified atom stereocenters. The van der Waals surface area contributed by atoms with Gasteiger partial charge in [-0.25, -0.2) is 8.42 Å². The zero-order valence-corrected chi connectivity index (χ0v) is 16.9. The SMILES string of the molecule is O=C(CN(c1cc(Cl)ccc1Cl)S(=O)(=O)c1ccccc1)NC1CCCC1. The minimum absolute atomic E-state index is 0.0784. The first kappa shape index (κ1) is 20.0. The highest BCUT2D eigenvalue weighted by Crippen LogP contribution is 2.33. The van der Waals surface area contributed by atoms with Gasteiger partial charge in [0.15, 0.2) is 0 Å². The molecule has 2 aromatic rings. The number of benzene rings is 2. The zero-order valence-electron chi connectivity index (χ0n) is 14.6. The van der Waals surface area contributed by atoms with E-state index in [9.17, 15) is 13.2 Å². The van der Waals surface area contributed by atoms with Crippen LogP contribution in [0.25, 0.3) is 0 Å². The van der Waals surface area contributed by atoms with Crippen LogP contribution < -0.4 is 9.62 Å². The quantitative estimate of drug-likeness (QED) is 0.750. The standard InChI is InChI=1S/C19H20Cl2N2O3S/c20-14-10-11-17(21)18(12-14)23(13-19(24)22-15-6-4-5-7-15)27(25,26)16-8-2-1-3-9-16/h1-3,8-12,15H,4-7,13H2,(H,22,24). The summed E-state index contributed by atoms with van der Waals surface area (Å²) in [6, 6.07) is 12.6. The molecule has 0 radical (unpaired) electrons. The molecule has 0 spiro atoms. The number of hydrogen-bond donors (Lipinski definition) is 1. The topological polar surface area (TPSA) is 66.5 Å². The van der Waals surface area contributed by atoms with Gasteiger partial charge >= 0.3 is 0 Å². The molecule has 1 fully saturated rings. The molecule has 0 aliphatic heterocycles. The van der Waals surface area contributed by atoms with Gasteiger partial charge in [-0.1, -0.05) is 54.2 Å². The molecule has 27 heavy (non-hydrogen) atoms. The fraction of sp³-hybridized carbons (Fsp3) is 0.316. The number of amides is 1. The van der Waals surface area contributed by atoms with Gasteiger partial charge in [0, 0.05) is 11.1 Å². The van der Waals surface area contributed by atoms with Gasteiger partial charge in [-0.15, -0.1) is 0 Å². The van der Waals surface area contributed by atoms with Gasteiger partial charge < -0.3 is 5.32 Å². The van der Waals surface area contributed by atoms with Crippen LogP contribution in [0.4, 0.5) is 5.69 Å². The van der Waals surface area contributed by atoms with Crippen molar-refractivity contribution in [1.82, 2.24) is 5.32 Å². The molecular weight excluding hydrogens is 407 g/mol. The number of halogens is 2. The summed E-state index contributed by atoms with van der Waals surface area (Å²) in [4.78, 5) is 12.6. The number of carbonyl (C=O) groups is 1. The van der Waals surface area contributed by atoms with Gasteiger partial charge in [0.2, 0.25) is 5.91 Å². The second kappa shape index (κ2) is 8.50. The van der Waals surface area contributed by atoms with Crippen LogP contribution in [0.3, 0.4) is 0 Å². The molecule has 0 aromatic heterocycles.